The molecule has 1 aromatic heterocycles. The summed E-state index contributed by atoms with van der Waals surface area (Å²) in [5.74, 6) is 0.293. The third kappa shape index (κ3) is 3.48. The zero-order valence-corrected chi connectivity index (χ0v) is 9.13. The summed E-state index contributed by atoms with van der Waals surface area (Å²) in [6.45, 7) is 3.18. The Morgan fingerprint density at radius 2 is 1.88 bits per heavy atom. The maximum Gasteiger partial charge on any atom is 0.233 e. The van der Waals surface area contributed by atoms with E-state index in [9.17, 15) is 0 Å². The molecular weight excluding hydrogens is 212 g/mol. The number of nitrogens with two attached hydrogens (primary N) is 2. The fourth-order valence-corrected chi connectivity index (χ4v) is 1.09. The number of hydrogen-bond donors (Lipinski definition) is 3. The van der Waals surface area contributed by atoms with Crippen molar-refractivity contribution in [3.63, 3.8) is 0 Å². The molecule has 1 rings (SSSR count). The third-order valence-electron chi connectivity index (χ3n) is 1.82. The predicted octanol–water partition coefficient (Wildman–Crippen LogP) is -1.17. The molecule has 0 bridgehead atoms. The second-order valence-electron chi connectivity index (χ2n) is 2.95. The quantitative estimate of drug-likeness (QED) is 0.411. The van der Waals surface area contributed by atoms with Gasteiger partial charge in [0.25, 0.3) is 0 Å². The van der Waals surface area contributed by atoms with Gasteiger partial charge < -0.3 is 26.2 Å². The molecule has 0 fully saturated rings. The van der Waals surface area contributed by atoms with Crippen LogP contribution in [-0.4, -0.2) is 46.5 Å². The van der Waals surface area contributed by atoms with E-state index in [0.717, 1.165) is 0 Å². The Bertz CT molecular complexity index is 314. The first-order valence-corrected chi connectivity index (χ1v) is 4.88. The van der Waals surface area contributed by atoms with Crippen molar-refractivity contribution in [3.8, 4) is 0 Å². The van der Waals surface area contributed by atoms with Crippen LogP contribution in [0.15, 0.2) is 0 Å². The number of rotatable bonds is 6. The highest BCUT2D eigenvalue weighted by molar-refractivity contribution is 5.39. The van der Waals surface area contributed by atoms with Crippen LogP contribution < -0.4 is 16.4 Å². The Labute approximate surface area is 93.3 Å². The molecule has 0 unspecified atom stereocenters. The zero-order chi connectivity index (χ0) is 12.0. The average molecular weight is 228 g/mol. The topological polar surface area (TPSA) is 123 Å². The van der Waals surface area contributed by atoms with Crippen molar-refractivity contribution in [1.29, 1.82) is 0 Å². The molecule has 1 aromatic rings. The Kier molecular flexibility index (Phi) is 4.67. The van der Waals surface area contributed by atoms with E-state index < -0.39 is 0 Å². The molecule has 0 atom stereocenters. The number of aliphatic hydroxyl groups excluding tert-OH is 1. The number of nitrogen functional groups attached to an aromatic ring is 2. The number of aromatic nitrogens is 3. The summed E-state index contributed by atoms with van der Waals surface area (Å²) in [5, 5.41) is 9.15. The first kappa shape index (κ1) is 12.4. The smallest absolute Gasteiger partial charge is 0.233 e. The van der Waals surface area contributed by atoms with Gasteiger partial charge in [0, 0.05) is 13.2 Å². The number of aliphatic hydroxyl groups is 1. The van der Waals surface area contributed by atoms with Crippen molar-refractivity contribution >= 4 is 17.8 Å². The Morgan fingerprint density at radius 3 is 2.38 bits per heavy atom. The lowest BCUT2D eigenvalue weighted by atomic mass is 10.6. The van der Waals surface area contributed by atoms with Crippen LogP contribution in [0.4, 0.5) is 17.8 Å². The van der Waals surface area contributed by atoms with E-state index in [4.69, 9.17) is 21.3 Å². The summed E-state index contributed by atoms with van der Waals surface area (Å²) < 4.78 is 5.16. The molecule has 8 nitrogen and oxygen atoms in total. The molecule has 0 saturated carbocycles. The highest BCUT2D eigenvalue weighted by atomic mass is 16.5. The summed E-state index contributed by atoms with van der Waals surface area (Å²) in [5.41, 5.74) is 10.8. The van der Waals surface area contributed by atoms with Crippen molar-refractivity contribution in [2.45, 2.75) is 6.92 Å². The third-order valence-corrected chi connectivity index (χ3v) is 1.82. The summed E-state index contributed by atoms with van der Waals surface area (Å²) in [7, 11) is 0. The molecule has 0 saturated heterocycles. The zero-order valence-electron chi connectivity index (χ0n) is 9.13. The van der Waals surface area contributed by atoms with Gasteiger partial charge in [-0.2, -0.15) is 15.0 Å². The van der Waals surface area contributed by atoms with E-state index in [1.54, 1.807) is 0 Å². The SMILES string of the molecule is CCOCCN(CO)c1nc(N)nc(N)n1. The highest BCUT2D eigenvalue weighted by Crippen LogP contribution is 2.08. The van der Waals surface area contributed by atoms with Gasteiger partial charge in [0.05, 0.1) is 6.61 Å². The summed E-state index contributed by atoms with van der Waals surface area (Å²) in [6.07, 6.45) is 0. The van der Waals surface area contributed by atoms with Crippen LogP contribution in [0.1, 0.15) is 6.92 Å². The summed E-state index contributed by atoms with van der Waals surface area (Å²) in [6, 6.07) is 0. The van der Waals surface area contributed by atoms with E-state index in [2.05, 4.69) is 15.0 Å². The van der Waals surface area contributed by atoms with E-state index >= 15 is 0 Å². The minimum Gasteiger partial charge on any atom is -0.380 e. The lowest BCUT2D eigenvalue weighted by molar-refractivity contribution is 0.148. The van der Waals surface area contributed by atoms with Gasteiger partial charge in [0.1, 0.15) is 6.73 Å². The van der Waals surface area contributed by atoms with Crippen molar-refractivity contribution < 1.29 is 9.84 Å². The largest absolute Gasteiger partial charge is 0.380 e. The number of hydrogen-bond acceptors (Lipinski definition) is 8. The van der Waals surface area contributed by atoms with Gasteiger partial charge in [0.2, 0.25) is 17.8 Å². The molecule has 8 heteroatoms. The fourth-order valence-electron chi connectivity index (χ4n) is 1.09. The summed E-state index contributed by atoms with van der Waals surface area (Å²) >= 11 is 0. The van der Waals surface area contributed by atoms with Crippen LogP contribution in [0.5, 0.6) is 0 Å². The molecule has 0 radical (unpaired) electrons. The Morgan fingerprint density at radius 1 is 1.25 bits per heavy atom. The van der Waals surface area contributed by atoms with E-state index in [0.29, 0.717) is 19.8 Å². The van der Waals surface area contributed by atoms with Crippen LogP contribution in [0.2, 0.25) is 0 Å². The molecule has 0 aliphatic rings. The lowest BCUT2D eigenvalue weighted by Crippen LogP contribution is -2.30. The molecule has 0 aliphatic carbocycles. The molecule has 0 spiro atoms. The molecule has 90 valence electrons. The first-order chi connectivity index (χ1) is 7.67. The predicted molar refractivity (Wildman–Crippen MR) is 59.6 cm³/mol. The number of anilines is 3. The van der Waals surface area contributed by atoms with Gasteiger partial charge in [-0.25, -0.2) is 0 Å². The van der Waals surface area contributed by atoms with Crippen molar-refractivity contribution in [3.05, 3.63) is 0 Å². The molecule has 0 aliphatic heterocycles. The van der Waals surface area contributed by atoms with Crippen LogP contribution >= 0.6 is 0 Å². The lowest BCUT2D eigenvalue weighted by Gasteiger charge is -2.19. The normalized spacial score (nSPS) is 10.4. The minimum absolute atomic E-state index is 0.0253. The molecule has 0 aromatic carbocycles. The molecule has 0 amide bonds. The Hall–Kier alpha value is -1.67. The van der Waals surface area contributed by atoms with E-state index in [1.165, 1.54) is 4.90 Å². The molecule has 1 heterocycles. The van der Waals surface area contributed by atoms with Gasteiger partial charge >= 0.3 is 0 Å². The first-order valence-electron chi connectivity index (χ1n) is 4.88. The average Bonchev–Trinajstić information content (AvgIpc) is 2.23. The molecule has 5 N–H and O–H groups in total. The Balaban J connectivity index is 2.70. The minimum atomic E-state index is -0.240. The second-order valence-corrected chi connectivity index (χ2v) is 2.95. The standard InChI is InChI=1S/C8H16N6O2/c1-2-16-4-3-14(5-15)8-12-6(9)11-7(10)13-8/h15H,2-5H2,1H3,(H4,9,10,11,12,13). The van der Waals surface area contributed by atoms with Crippen LogP contribution in [-0.2, 0) is 4.74 Å². The van der Waals surface area contributed by atoms with Gasteiger partial charge in [-0.15, -0.1) is 0 Å². The highest BCUT2D eigenvalue weighted by Gasteiger charge is 2.10. The van der Waals surface area contributed by atoms with E-state index in [-0.39, 0.29) is 24.6 Å². The fraction of sp³-hybridized carbons (Fsp3) is 0.625. The van der Waals surface area contributed by atoms with Crippen LogP contribution in [0.25, 0.3) is 0 Å². The van der Waals surface area contributed by atoms with Crippen LogP contribution in [0, 0.1) is 0 Å². The van der Waals surface area contributed by atoms with Gasteiger partial charge in [0.15, 0.2) is 0 Å². The maximum atomic E-state index is 9.15. The van der Waals surface area contributed by atoms with Gasteiger partial charge in [-0.05, 0) is 6.92 Å². The van der Waals surface area contributed by atoms with Crippen LogP contribution in [0.3, 0.4) is 0 Å². The van der Waals surface area contributed by atoms with E-state index in [1.807, 2.05) is 6.92 Å². The summed E-state index contributed by atoms with van der Waals surface area (Å²) in [4.78, 5) is 12.9. The van der Waals surface area contributed by atoms with Crippen molar-refractivity contribution in [2.24, 2.45) is 0 Å². The molecular formula is C8H16N6O2. The number of ether oxygens (including phenoxy) is 1. The van der Waals surface area contributed by atoms with Crippen molar-refractivity contribution in [1.82, 2.24) is 15.0 Å². The van der Waals surface area contributed by atoms with Gasteiger partial charge in [-0.1, -0.05) is 0 Å². The van der Waals surface area contributed by atoms with Gasteiger partial charge in [-0.3, -0.25) is 0 Å². The second kappa shape index (κ2) is 6.03. The molecule has 16 heavy (non-hydrogen) atoms. The maximum absolute atomic E-state index is 9.15. The number of nitrogens with zero attached hydrogens (tertiary/aromatic N) is 4. The monoisotopic (exact) mass is 228 g/mol. The van der Waals surface area contributed by atoms with Crippen molar-refractivity contribution in [2.75, 3.05) is 42.9 Å².